The molecule has 0 amide bonds. The van der Waals surface area contributed by atoms with Crippen molar-refractivity contribution in [2.24, 2.45) is 4.99 Å². The van der Waals surface area contributed by atoms with Gasteiger partial charge in [-0.1, -0.05) is 13.3 Å². The topological polar surface area (TPSA) is 58.1 Å². The fourth-order valence-corrected chi connectivity index (χ4v) is 2.15. The Hall–Kier alpha value is -0.120. The van der Waals surface area contributed by atoms with E-state index in [2.05, 4.69) is 34.5 Å². The number of guanidine groups is 1. The monoisotopic (exact) mass is 428 g/mol. The van der Waals surface area contributed by atoms with Crippen LogP contribution in [0.15, 0.2) is 4.99 Å². The van der Waals surface area contributed by atoms with Gasteiger partial charge in [0.2, 0.25) is 0 Å². The van der Waals surface area contributed by atoms with Crippen LogP contribution in [0.3, 0.4) is 0 Å². The van der Waals surface area contributed by atoms with Gasteiger partial charge < -0.3 is 25.0 Å². The first-order chi connectivity index (χ1) is 10.3. The first-order valence-corrected chi connectivity index (χ1v) is 8.08. The summed E-state index contributed by atoms with van der Waals surface area (Å²) in [6, 6.07) is 0. The fourth-order valence-electron chi connectivity index (χ4n) is 2.15. The van der Waals surface area contributed by atoms with Crippen LogP contribution in [-0.4, -0.2) is 77.1 Å². The number of halogens is 1. The van der Waals surface area contributed by atoms with E-state index in [1.807, 2.05) is 0 Å². The van der Waals surface area contributed by atoms with Crippen LogP contribution in [0.4, 0.5) is 0 Å². The first kappa shape index (κ1) is 21.9. The molecule has 1 aliphatic heterocycles. The maximum atomic E-state index is 5.72. The van der Waals surface area contributed by atoms with E-state index in [-0.39, 0.29) is 30.1 Å². The minimum absolute atomic E-state index is 0. The Morgan fingerprint density at radius 1 is 1.32 bits per heavy atom. The second kappa shape index (κ2) is 14.5. The van der Waals surface area contributed by atoms with E-state index >= 15 is 0 Å². The molecule has 132 valence electrons. The normalized spacial score (nSPS) is 19.6. The van der Waals surface area contributed by atoms with Crippen LogP contribution in [-0.2, 0) is 9.47 Å². The molecule has 22 heavy (non-hydrogen) atoms. The van der Waals surface area contributed by atoms with Crippen LogP contribution in [0.1, 0.15) is 26.2 Å². The van der Waals surface area contributed by atoms with E-state index < -0.39 is 0 Å². The molecular formula is C15H33IN4O2. The summed E-state index contributed by atoms with van der Waals surface area (Å²) in [5.74, 6) is 0.834. The summed E-state index contributed by atoms with van der Waals surface area (Å²) in [7, 11) is 3.92. The van der Waals surface area contributed by atoms with Crippen LogP contribution in [0.25, 0.3) is 0 Å². The van der Waals surface area contributed by atoms with Crippen molar-refractivity contribution in [2.75, 3.05) is 60.1 Å². The van der Waals surface area contributed by atoms with E-state index in [0.717, 1.165) is 64.8 Å². The summed E-state index contributed by atoms with van der Waals surface area (Å²) >= 11 is 0. The molecule has 0 saturated carbocycles. The number of likely N-dealkylation sites (N-methyl/N-ethyl adjacent to an activating group) is 1. The lowest BCUT2D eigenvalue weighted by molar-refractivity contribution is -0.0161. The van der Waals surface area contributed by atoms with Crippen LogP contribution in [0, 0.1) is 0 Å². The van der Waals surface area contributed by atoms with Gasteiger partial charge in [-0.25, -0.2) is 0 Å². The molecule has 1 rings (SSSR count). The Morgan fingerprint density at radius 2 is 2.09 bits per heavy atom. The first-order valence-electron chi connectivity index (χ1n) is 8.08. The average Bonchev–Trinajstić information content (AvgIpc) is 2.49. The molecule has 7 heteroatoms. The molecular weight excluding hydrogens is 395 g/mol. The van der Waals surface area contributed by atoms with Gasteiger partial charge in [0, 0.05) is 46.4 Å². The molecule has 0 aromatic carbocycles. The van der Waals surface area contributed by atoms with Crippen molar-refractivity contribution < 1.29 is 9.47 Å². The number of aliphatic imine (C=N–C) groups is 1. The van der Waals surface area contributed by atoms with Gasteiger partial charge in [-0.3, -0.25) is 4.99 Å². The summed E-state index contributed by atoms with van der Waals surface area (Å²) in [5, 5.41) is 6.62. The molecule has 0 bridgehead atoms. The standard InChI is InChI=1S/C15H32N4O2.HI/c1-4-5-9-20-10-6-7-17-15(16-2)18-12-14-13-19(3)8-11-21-14;/h14H,4-13H2,1-3H3,(H2,16,17,18);1H. The summed E-state index contributed by atoms with van der Waals surface area (Å²) in [6.45, 7) is 8.31. The molecule has 2 N–H and O–H groups in total. The molecule has 1 atom stereocenters. The lowest BCUT2D eigenvalue weighted by Gasteiger charge is -2.30. The molecule has 1 fully saturated rings. The van der Waals surface area contributed by atoms with Crippen LogP contribution >= 0.6 is 24.0 Å². The van der Waals surface area contributed by atoms with Crippen molar-refractivity contribution in [3.05, 3.63) is 0 Å². The summed E-state index contributed by atoms with van der Waals surface area (Å²) < 4.78 is 11.2. The number of nitrogens with zero attached hydrogens (tertiary/aromatic N) is 2. The van der Waals surface area contributed by atoms with Crippen molar-refractivity contribution in [3.8, 4) is 0 Å². The van der Waals surface area contributed by atoms with Gasteiger partial charge in [0.05, 0.1) is 12.7 Å². The van der Waals surface area contributed by atoms with Crippen LogP contribution < -0.4 is 10.6 Å². The average molecular weight is 428 g/mol. The molecule has 1 aliphatic rings. The van der Waals surface area contributed by atoms with E-state index in [4.69, 9.17) is 9.47 Å². The molecule has 6 nitrogen and oxygen atoms in total. The van der Waals surface area contributed by atoms with Crippen molar-refractivity contribution in [3.63, 3.8) is 0 Å². The molecule has 0 aliphatic carbocycles. The second-order valence-corrected chi connectivity index (χ2v) is 5.45. The number of hydrogen-bond acceptors (Lipinski definition) is 4. The predicted molar refractivity (Wildman–Crippen MR) is 102 cm³/mol. The minimum atomic E-state index is 0. The fraction of sp³-hybridized carbons (Fsp3) is 0.933. The highest BCUT2D eigenvalue weighted by molar-refractivity contribution is 14.0. The maximum absolute atomic E-state index is 5.72. The lowest BCUT2D eigenvalue weighted by atomic mass is 10.3. The predicted octanol–water partition coefficient (Wildman–Crippen LogP) is 1.31. The van der Waals surface area contributed by atoms with Crippen molar-refractivity contribution in [1.29, 1.82) is 0 Å². The highest BCUT2D eigenvalue weighted by Crippen LogP contribution is 2.01. The summed E-state index contributed by atoms with van der Waals surface area (Å²) in [4.78, 5) is 6.51. The van der Waals surface area contributed by atoms with Gasteiger partial charge in [0.15, 0.2) is 5.96 Å². The van der Waals surface area contributed by atoms with E-state index in [1.165, 1.54) is 6.42 Å². The quantitative estimate of drug-likeness (QED) is 0.251. The highest BCUT2D eigenvalue weighted by Gasteiger charge is 2.17. The zero-order valence-corrected chi connectivity index (χ0v) is 16.6. The van der Waals surface area contributed by atoms with Gasteiger partial charge >= 0.3 is 0 Å². The van der Waals surface area contributed by atoms with Crippen molar-refractivity contribution in [2.45, 2.75) is 32.3 Å². The Labute approximate surface area is 152 Å². The summed E-state index contributed by atoms with van der Waals surface area (Å²) in [6.07, 6.45) is 3.56. The van der Waals surface area contributed by atoms with E-state index in [1.54, 1.807) is 7.05 Å². The van der Waals surface area contributed by atoms with Gasteiger partial charge in [0.25, 0.3) is 0 Å². The number of unbranched alkanes of at least 4 members (excludes halogenated alkanes) is 1. The van der Waals surface area contributed by atoms with Gasteiger partial charge in [-0.2, -0.15) is 0 Å². The van der Waals surface area contributed by atoms with Gasteiger partial charge in [-0.05, 0) is 19.9 Å². The second-order valence-electron chi connectivity index (χ2n) is 5.45. The Kier molecular flexibility index (Phi) is 14.4. The number of ether oxygens (including phenoxy) is 2. The molecule has 0 radical (unpaired) electrons. The Balaban J connectivity index is 0.00000441. The van der Waals surface area contributed by atoms with Crippen LogP contribution in [0.2, 0.25) is 0 Å². The maximum Gasteiger partial charge on any atom is 0.191 e. The van der Waals surface area contributed by atoms with Gasteiger partial charge in [0.1, 0.15) is 0 Å². The molecule has 0 aromatic heterocycles. The van der Waals surface area contributed by atoms with Gasteiger partial charge in [-0.15, -0.1) is 24.0 Å². The zero-order valence-electron chi connectivity index (χ0n) is 14.3. The lowest BCUT2D eigenvalue weighted by Crippen LogP contribution is -2.48. The SMILES string of the molecule is CCCCOCCCNC(=NC)NCC1CN(C)CCO1.I. The van der Waals surface area contributed by atoms with Crippen LogP contribution in [0.5, 0.6) is 0 Å². The smallest absolute Gasteiger partial charge is 0.191 e. The third-order valence-electron chi connectivity index (χ3n) is 3.46. The molecule has 1 unspecified atom stereocenters. The number of rotatable bonds is 9. The number of morpholine rings is 1. The molecule has 1 heterocycles. The Morgan fingerprint density at radius 3 is 2.77 bits per heavy atom. The van der Waals surface area contributed by atoms with Crippen molar-refractivity contribution >= 4 is 29.9 Å². The molecule has 1 saturated heterocycles. The Bertz CT molecular complexity index is 293. The third-order valence-corrected chi connectivity index (χ3v) is 3.46. The highest BCUT2D eigenvalue weighted by atomic mass is 127. The summed E-state index contributed by atoms with van der Waals surface area (Å²) in [5.41, 5.74) is 0. The third kappa shape index (κ3) is 10.6. The van der Waals surface area contributed by atoms with E-state index in [0.29, 0.717) is 0 Å². The van der Waals surface area contributed by atoms with E-state index in [9.17, 15) is 0 Å². The molecule has 0 aromatic rings. The zero-order chi connectivity index (χ0) is 15.3. The molecule has 0 spiro atoms. The minimum Gasteiger partial charge on any atom is -0.381 e. The van der Waals surface area contributed by atoms with Crippen molar-refractivity contribution in [1.82, 2.24) is 15.5 Å². The number of nitrogens with one attached hydrogen (secondary N) is 2. The largest absolute Gasteiger partial charge is 0.381 e. The number of hydrogen-bond donors (Lipinski definition) is 2.